The molecule has 1 amide bonds. The molecular formula is C16H17NO3S. The van der Waals surface area contributed by atoms with Crippen molar-refractivity contribution in [1.82, 2.24) is 5.32 Å². The predicted octanol–water partition coefficient (Wildman–Crippen LogP) is 2.62. The van der Waals surface area contributed by atoms with Gasteiger partial charge in [0.1, 0.15) is 0 Å². The number of carbonyl (C=O) groups excluding carboxylic acids is 1. The Morgan fingerprint density at radius 1 is 1.29 bits per heavy atom. The number of carboxylic acid groups (broad SMARTS) is 1. The molecule has 0 aliphatic heterocycles. The SMILES string of the molecule is O=C(O)/C=C/c1cc(C(=O)NC2C3C4CCC(C4)C23)cs1. The number of fused-ring (bicyclic) bond motifs is 5. The van der Waals surface area contributed by atoms with Crippen molar-refractivity contribution >= 4 is 29.3 Å². The van der Waals surface area contributed by atoms with Gasteiger partial charge >= 0.3 is 5.97 Å². The second-order valence-corrected chi connectivity index (χ2v) is 7.34. The van der Waals surface area contributed by atoms with Crippen molar-refractivity contribution in [2.45, 2.75) is 25.3 Å². The first kappa shape index (κ1) is 13.1. The molecule has 4 atom stereocenters. The Hall–Kier alpha value is -1.62. The summed E-state index contributed by atoms with van der Waals surface area (Å²) < 4.78 is 0. The molecule has 0 aromatic carbocycles. The third-order valence-corrected chi connectivity index (χ3v) is 6.20. The third-order valence-electron chi connectivity index (χ3n) is 5.31. The summed E-state index contributed by atoms with van der Waals surface area (Å²) >= 11 is 1.39. The molecule has 4 unspecified atom stereocenters. The Labute approximate surface area is 126 Å². The molecule has 110 valence electrons. The molecule has 4 nitrogen and oxygen atoms in total. The highest BCUT2D eigenvalue weighted by molar-refractivity contribution is 7.11. The Balaban J connectivity index is 1.39. The predicted molar refractivity (Wildman–Crippen MR) is 80.1 cm³/mol. The minimum Gasteiger partial charge on any atom is -0.478 e. The zero-order valence-electron chi connectivity index (χ0n) is 11.5. The lowest BCUT2D eigenvalue weighted by Gasteiger charge is -2.09. The molecule has 21 heavy (non-hydrogen) atoms. The second kappa shape index (κ2) is 4.70. The highest BCUT2D eigenvalue weighted by atomic mass is 32.1. The highest BCUT2D eigenvalue weighted by Crippen LogP contribution is 2.65. The summed E-state index contributed by atoms with van der Waals surface area (Å²) in [6.07, 6.45) is 6.69. The van der Waals surface area contributed by atoms with Gasteiger partial charge in [0.15, 0.2) is 0 Å². The number of hydrogen-bond donors (Lipinski definition) is 2. The Morgan fingerprint density at radius 3 is 2.67 bits per heavy atom. The van der Waals surface area contributed by atoms with E-state index in [0.29, 0.717) is 11.6 Å². The Morgan fingerprint density at radius 2 is 2.00 bits per heavy atom. The molecule has 1 aromatic rings. The summed E-state index contributed by atoms with van der Waals surface area (Å²) in [5, 5.41) is 13.6. The van der Waals surface area contributed by atoms with E-state index in [1.165, 1.54) is 36.7 Å². The first-order valence-corrected chi connectivity index (χ1v) is 8.32. The van der Waals surface area contributed by atoms with Gasteiger partial charge in [-0.2, -0.15) is 0 Å². The zero-order valence-corrected chi connectivity index (χ0v) is 12.3. The molecule has 3 fully saturated rings. The number of carbonyl (C=O) groups is 2. The molecule has 3 aliphatic rings. The van der Waals surface area contributed by atoms with E-state index in [0.717, 1.165) is 34.6 Å². The van der Waals surface area contributed by atoms with Crippen LogP contribution < -0.4 is 5.32 Å². The standard InChI is InChI=1S/C16H17NO3S/c18-12(19)4-3-11-6-10(7-21-11)16(20)17-15-13-8-1-2-9(5-8)14(13)15/h3-4,6-9,13-15H,1-2,5H2,(H,17,20)(H,18,19)/b4-3+. The quantitative estimate of drug-likeness (QED) is 0.840. The van der Waals surface area contributed by atoms with Gasteiger partial charge in [0, 0.05) is 22.4 Å². The number of rotatable bonds is 4. The number of nitrogens with one attached hydrogen (secondary N) is 1. The maximum atomic E-state index is 12.3. The van der Waals surface area contributed by atoms with Crippen LogP contribution in [0.15, 0.2) is 17.5 Å². The van der Waals surface area contributed by atoms with Crippen molar-refractivity contribution in [2.75, 3.05) is 0 Å². The van der Waals surface area contributed by atoms with E-state index in [9.17, 15) is 9.59 Å². The first-order chi connectivity index (χ1) is 10.1. The maximum Gasteiger partial charge on any atom is 0.328 e. The molecule has 0 radical (unpaired) electrons. The van der Waals surface area contributed by atoms with Gasteiger partial charge in [0.05, 0.1) is 5.56 Å². The topological polar surface area (TPSA) is 66.4 Å². The van der Waals surface area contributed by atoms with E-state index >= 15 is 0 Å². The van der Waals surface area contributed by atoms with Crippen LogP contribution in [0.4, 0.5) is 0 Å². The van der Waals surface area contributed by atoms with Gasteiger partial charge in [-0.25, -0.2) is 4.79 Å². The van der Waals surface area contributed by atoms with E-state index < -0.39 is 5.97 Å². The zero-order chi connectivity index (χ0) is 14.6. The van der Waals surface area contributed by atoms with Gasteiger partial charge < -0.3 is 10.4 Å². The van der Waals surface area contributed by atoms with Crippen LogP contribution in [0.3, 0.4) is 0 Å². The van der Waals surface area contributed by atoms with Crippen LogP contribution in [0.25, 0.3) is 6.08 Å². The summed E-state index contributed by atoms with van der Waals surface area (Å²) in [5.74, 6) is 2.18. The number of thiophene rings is 1. The maximum absolute atomic E-state index is 12.3. The van der Waals surface area contributed by atoms with Gasteiger partial charge in [-0.3, -0.25) is 4.79 Å². The van der Waals surface area contributed by atoms with Gasteiger partial charge in [-0.15, -0.1) is 11.3 Å². The molecule has 0 saturated heterocycles. The monoisotopic (exact) mass is 303 g/mol. The summed E-state index contributed by atoms with van der Waals surface area (Å²) in [6, 6.07) is 2.15. The average molecular weight is 303 g/mol. The molecule has 3 saturated carbocycles. The lowest BCUT2D eigenvalue weighted by Crippen LogP contribution is -2.29. The third kappa shape index (κ3) is 2.20. The van der Waals surface area contributed by atoms with Crippen LogP contribution >= 0.6 is 11.3 Å². The molecule has 2 bridgehead atoms. The average Bonchev–Trinajstić information content (AvgIpc) is 2.91. The van der Waals surface area contributed by atoms with Crippen molar-refractivity contribution < 1.29 is 14.7 Å². The van der Waals surface area contributed by atoms with Gasteiger partial charge in [0.2, 0.25) is 0 Å². The number of amides is 1. The van der Waals surface area contributed by atoms with Crippen LogP contribution in [0.1, 0.15) is 34.5 Å². The molecule has 1 aromatic heterocycles. The lowest BCUT2D eigenvalue weighted by molar-refractivity contribution is -0.131. The van der Waals surface area contributed by atoms with Crippen molar-refractivity contribution in [1.29, 1.82) is 0 Å². The van der Waals surface area contributed by atoms with Crippen LogP contribution in [-0.2, 0) is 4.79 Å². The van der Waals surface area contributed by atoms with Gasteiger partial charge in [-0.05, 0) is 55.1 Å². The molecule has 4 rings (SSSR count). The van der Waals surface area contributed by atoms with Crippen molar-refractivity contribution in [3.05, 3.63) is 28.0 Å². The molecule has 3 aliphatic carbocycles. The lowest BCUT2D eigenvalue weighted by atomic mass is 10.0. The molecule has 2 N–H and O–H groups in total. The summed E-state index contributed by atoms with van der Waals surface area (Å²) in [7, 11) is 0. The Kier molecular flexibility index (Phi) is 2.92. The molecule has 1 heterocycles. The number of hydrogen-bond acceptors (Lipinski definition) is 3. The van der Waals surface area contributed by atoms with Gasteiger partial charge in [0.25, 0.3) is 5.91 Å². The minimum absolute atomic E-state index is 0.0139. The molecule has 0 spiro atoms. The van der Waals surface area contributed by atoms with E-state index in [1.807, 2.05) is 0 Å². The first-order valence-electron chi connectivity index (χ1n) is 7.44. The highest BCUT2D eigenvalue weighted by Gasteiger charge is 2.65. The van der Waals surface area contributed by atoms with Crippen molar-refractivity contribution in [2.24, 2.45) is 23.7 Å². The minimum atomic E-state index is -0.976. The van der Waals surface area contributed by atoms with Crippen LogP contribution in [0, 0.1) is 23.7 Å². The fourth-order valence-electron chi connectivity index (χ4n) is 4.47. The van der Waals surface area contributed by atoms with E-state index in [1.54, 1.807) is 11.4 Å². The van der Waals surface area contributed by atoms with E-state index in [4.69, 9.17) is 5.11 Å². The second-order valence-electron chi connectivity index (χ2n) is 6.40. The van der Waals surface area contributed by atoms with Crippen molar-refractivity contribution in [3.63, 3.8) is 0 Å². The molecular weight excluding hydrogens is 286 g/mol. The number of aliphatic carboxylic acids is 1. The van der Waals surface area contributed by atoms with Crippen LogP contribution in [-0.4, -0.2) is 23.0 Å². The molecule has 5 heteroatoms. The smallest absolute Gasteiger partial charge is 0.328 e. The van der Waals surface area contributed by atoms with E-state index in [2.05, 4.69) is 5.32 Å². The summed E-state index contributed by atoms with van der Waals surface area (Å²) in [6.45, 7) is 0. The fourth-order valence-corrected chi connectivity index (χ4v) is 5.25. The Bertz CT molecular complexity index is 619. The van der Waals surface area contributed by atoms with E-state index in [-0.39, 0.29) is 5.91 Å². The largest absolute Gasteiger partial charge is 0.478 e. The number of carboxylic acids is 1. The normalized spacial score (nSPS) is 35.9. The fraction of sp³-hybridized carbons (Fsp3) is 0.500. The van der Waals surface area contributed by atoms with Crippen LogP contribution in [0.2, 0.25) is 0 Å². The summed E-state index contributed by atoms with van der Waals surface area (Å²) in [5.41, 5.74) is 0.641. The van der Waals surface area contributed by atoms with Crippen molar-refractivity contribution in [3.8, 4) is 0 Å². The van der Waals surface area contributed by atoms with Gasteiger partial charge in [-0.1, -0.05) is 0 Å². The summed E-state index contributed by atoms with van der Waals surface area (Å²) in [4.78, 5) is 23.5. The van der Waals surface area contributed by atoms with Crippen LogP contribution in [0.5, 0.6) is 0 Å².